The van der Waals surface area contributed by atoms with Gasteiger partial charge < -0.3 is 15.8 Å². The number of hydrogen-bond acceptors (Lipinski definition) is 10. The van der Waals surface area contributed by atoms with Crippen molar-refractivity contribution in [2.75, 3.05) is 23.1 Å². The fraction of sp³-hybridized carbons (Fsp3) is 0.222. The van der Waals surface area contributed by atoms with Gasteiger partial charge in [-0.25, -0.2) is 0 Å². The quantitative estimate of drug-likeness (QED) is 0.361. The van der Waals surface area contributed by atoms with Crippen molar-refractivity contribution < 1.29 is 14.3 Å². The average Bonchev–Trinajstić information content (AvgIpc) is 3.41. The Morgan fingerprint density at radius 1 is 1.26 bits per heavy atom. The van der Waals surface area contributed by atoms with E-state index in [0.29, 0.717) is 62.0 Å². The summed E-state index contributed by atoms with van der Waals surface area (Å²) in [4.78, 5) is 27.4. The molecule has 1 amide bonds. The van der Waals surface area contributed by atoms with Gasteiger partial charge in [0.05, 0.1) is 30.4 Å². The standard InChI is InChI=1S/C27H23ClN6O3S2/c1-37-16-11-9-15(10-12-16)31-22(36)14-38-27-33-32-26(39-27)34-20-7-4-8-21(35)24(20)23(18(13-29)25(34)30)17-5-2-3-6-19(17)28/h2-3,5-6,9-12,23H,4,7-8,14,30H2,1H3,(H,31,36). The maximum absolute atomic E-state index is 13.2. The summed E-state index contributed by atoms with van der Waals surface area (Å²) in [5.74, 6) is 0.130. The maximum Gasteiger partial charge on any atom is 0.234 e. The van der Waals surface area contributed by atoms with Crippen molar-refractivity contribution >= 4 is 57.2 Å². The van der Waals surface area contributed by atoms with Crippen LogP contribution >= 0.6 is 34.7 Å². The summed E-state index contributed by atoms with van der Waals surface area (Å²) in [5.41, 5.74) is 9.37. The lowest BCUT2D eigenvalue weighted by Crippen LogP contribution is -2.38. The van der Waals surface area contributed by atoms with Crippen molar-refractivity contribution in [2.45, 2.75) is 29.5 Å². The van der Waals surface area contributed by atoms with E-state index in [9.17, 15) is 14.9 Å². The molecule has 5 rings (SSSR count). The van der Waals surface area contributed by atoms with Gasteiger partial charge in [0, 0.05) is 28.4 Å². The minimum Gasteiger partial charge on any atom is -0.497 e. The van der Waals surface area contributed by atoms with E-state index in [4.69, 9.17) is 22.1 Å². The number of Topliss-reactive ketones (excluding diaryl/α,β-unsaturated/α-hetero) is 1. The highest BCUT2D eigenvalue weighted by molar-refractivity contribution is 8.01. The highest BCUT2D eigenvalue weighted by Gasteiger charge is 2.41. The highest BCUT2D eigenvalue weighted by Crippen LogP contribution is 2.48. The number of halogens is 1. The van der Waals surface area contributed by atoms with Crippen LogP contribution in [0.25, 0.3) is 0 Å². The van der Waals surface area contributed by atoms with Crippen LogP contribution in [0.1, 0.15) is 30.7 Å². The topological polar surface area (TPSA) is 134 Å². The number of rotatable bonds is 7. The molecule has 1 atom stereocenters. The Labute approximate surface area is 238 Å². The SMILES string of the molecule is COc1ccc(NC(=O)CSc2nnc(N3C(N)=C(C#N)C(c4ccccc4Cl)C4=C3CCCC4=O)s2)cc1. The Balaban J connectivity index is 1.40. The third-order valence-electron chi connectivity index (χ3n) is 6.42. The number of nitrogens with one attached hydrogen (secondary N) is 1. The number of carbonyl (C=O) groups excluding carboxylic acids is 2. The van der Waals surface area contributed by atoms with E-state index in [1.165, 1.54) is 23.1 Å². The van der Waals surface area contributed by atoms with Crippen molar-refractivity contribution in [2.24, 2.45) is 5.73 Å². The van der Waals surface area contributed by atoms with Gasteiger partial charge in [0.25, 0.3) is 0 Å². The van der Waals surface area contributed by atoms with Crippen LogP contribution in [0.4, 0.5) is 10.8 Å². The predicted molar refractivity (Wildman–Crippen MR) is 152 cm³/mol. The molecule has 3 N–H and O–H groups in total. The number of nitrogens with zero attached hydrogens (tertiary/aromatic N) is 4. The number of ether oxygens (including phenoxy) is 1. The number of methoxy groups -OCH3 is 1. The second kappa shape index (κ2) is 11.5. The zero-order valence-corrected chi connectivity index (χ0v) is 23.2. The smallest absolute Gasteiger partial charge is 0.234 e. The van der Waals surface area contributed by atoms with Crippen LogP contribution < -0.4 is 20.7 Å². The Bertz CT molecular complexity index is 1540. The number of aromatic nitrogens is 2. The zero-order valence-electron chi connectivity index (χ0n) is 20.8. The number of benzene rings is 2. The summed E-state index contributed by atoms with van der Waals surface area (Å²) >= 11 is 8.98. The van der Waals surface area contributed by atoms with Crippen molar-refractivity contribution in [1.29, 1.82) is 5.26 Å². The van der Waals surface area contributed by atoms with Gasteiger partial charge in [0.15, 0.2) is 10.1 Å². The van der Waals surface area contributed by atoms with Crippen LogP contribution in [-0.4, -0.2) is 34.8 Å². The van der Waals surface area contributed by atoms with Crippen molar-refractivity contribution in [3.05, 3.63) is 81.8 Å². The lowest BCUT2D eigenvalue weighted by molar-refractivity contribution is -0.116. The number of ketones is 1. The number of thioether (sulfide) groups is 1. The van der Waals surface area contributed by atoms with Crippen LogP contribution in [-0.2, 0) is 9.59 Å². The Hall–Kier alpha value is -3.85. The van der Waals surface area contributed by atoms with Gasteiger partial charge >= 0.3 is 0 Å². The van der Waals surface area contributed by atoms with E-state index in [-0.39, 0.29) is 28.8 Å². The van der Waals surface area contributed by atoms with Crippen LogP contribution in [0.15, 0.2) is 75.5 Å². The molecule has 3 aromatic rings. The minimum atomic E-state index is -0.647. The largest absolute Gasteiger partial charge is 0.497 e. The van der Waals surface area contributed by atoms with E-state index < -0.39 is 5.92 Å². The van der Waals surface area contributed by atoms with Gasteiger partial charge in [-0.2, -0.15) is 5.26 Å². The second-order valence-electron chi connectivity index (χ2n) is 8.75. The van der Waals surface area contributed by atoms with Gasteiger partial charge in [-0.05, 0) is 48.7 Å². The molecule has 1 aliphatic carbocycles. The summed E-state index contributed by atoms with van der Waals surface area (Å²) in [6.07, 6.45) is 1.63. The van der Waals surface area contributed by atoms with Gasteiger partial charge in [-0.1, -0.05) is 52.9 Å². The number of anilines is 2. The Morgan fingerprint density at radius 3 is 2.74 bits per heavy atom. The monoisotopic (exact) mass is 578 g/mol. The first-order valence-corrected chi connectivity index (χ1v) is 14.2. The lowest BCUT2D eigenvalue weighted by Gasteiger charge is -2.38. The molecule has 1 aliphatic heterocycles. The molecule has 0 bridgehead atoms. The number of nitrogens with two attached hydrogens (primary N) is 1. The summed E-state index contributed by atoms with van der Waals surface area (Å²) < 4.78 is 5.69. The molecule has 2 aromatic carbocycles. The highest BCUT2D eigenvalue weighted by atomic mass is 35.5. The molecule has 12 heteroatoms. The minimum absolute atomic E-state index is 0.0410. The molecule has 39 heavy (non-hydrogen) atoms. The first-order chi connectivity index (χ1) is 18.9. The fourth-order valence-corrected chi connectivity index (χ4v) is 6.60. The van der Waals surface area contributed by atoms with E-state index in [1.807, 2.05) is 12.1 Å². The van der Waals surface area contributed by atoms with Gasteiger partial charge in [0.2, 0.25) is 11.0 Å². The molecule has 2 aliphatic rings. The molecular weight excluding hydrogens is 556 g/mol. The Kier molecular flexibility index (Phi) is 7.88. The normalized spacial score (nSPS) is 17.1. The van der Waals surface area contributed by atoms with Crippen molar-refractivity contribution in [1.82, 2.24) is 10.2 Å². The fourth-order valence-electron chi connectivity index (χ4n) is 4.68. The zero-order chi connectivity index (χ0) is 27.5. The third-order valence-corrected chi connectivity index (χ3v) is 8.80. The molecular formula is C27H23ClN6O3S2. The molecule has 1 unspecified atom stereocenters. The van der Waals surface area contributed by atoms with Crippen molar-refractivity contribution in [3.63, 3.8) is 0 Å². The first kappa shape index (κ1) is 26.7. The molecule has 198 valence electrons. The summed E-state index contributed by atoms with van der Waals surface area (Å²) in [6, 6.07) is 16.4. The van der Waals surface area contributed by atoms with Gasteiger partial charge in [0.1, 0.15) is 11.6 Å². The summed E-state index contributed by atoms with van der Waals surface area (Å²) in [5, 5.41) is 22.4. The van der Waals surface area contributed by atoms with E-state index in [1.54, 1.807) is 48.4 Å². The van der Waals surface area contributed by atoms with Crippen LogP contribution in [0.5, 0.6) is 5.75 Å². The molecule has 2 heterocycles. The van der Waals surface area contributed by atoms with Crippen LogP contribution in [0, 0.1) is 11.3 Å². The molecule has 1 aromatic heterocycles. The third kappa shape index (κ3) is 5.36. The molecule has 0 spiro atoms. The lowest BCUT2D eigenvalue weighted by atomic mass is 9.76. The van der Waals surface area contributed by atoms with Crippen LogP contribution in [0.3, 0.4) is 0 Å². The molecule has 0 saturated heterocycles. The van der Waals surface area contributed by atoms with Gasteiger partial charge in [-0.3, -0.25) is 14.5 Å². The molecule has 9 nitrogen and oxygen atoms in total. The van der Waals surface area contributed by atoms with E-state index in [2.05, 4.69) is 21.6 Å². The van der Waals surface area contributed by atoms with E-state index >= 15 is 0 Å². The molecule has 0 saturated carbocycles. The number of carbonyl (C=O) groups is 2. The number of allylic oxidation sites excluding steroid dienone is 3. The van der Waals surface area contributed by atoms with E-state index in [0.717, 1.165) is 0 Å². The first-order valence-electron chi connectivity index (χ1n) is 12.0. The number of amides is 1. The maximum atomic E-state index is 13.2. The predicted octanol–water partition coefficient (Wildman–Crippen LogP) is 5.24. The average molecular weight is 579 g/mol. The summed E-state index contributed by atoms with van der Waals surface area (Å²) in [7, 11) is 1.58. The number of hydrogen-bond donors (Lipinski definition) is 2. The molecule has 0 fully saturated rings. The Morgan fingerprint density at radius 2 is 2.03 bits per heavy atom. The van der Waals surface area contributed by atoms with Crippen LogP contribution in [0.2, 0.25) is 5.02 Å². The molecule has 0 radical (unpaired) electrons. The summed E-state index contributed by atoms with van der Waals surface area (Å²) in [6.45, 7) is 0. The second-order valence-corrected chi connectivity index (χ2v) is 11.3. The van der Waals surface area contributed by atoms with Gasteiger partial charge in [-0.15, -0.1) is 10.2 Å². The van der Waals surface area contributed by atoms with Crippen molar-refractivity contribution in [3.8, 4) is 11.8 Å². The number of nitriles is 1.